The van der Waals surface area contributed by atoms with E-state index in [1.807, 2.05) is 18.2 Å². The zero-order chi connectivity index (χ0) is 14.5. The highest BCUT2D eigenvalue weighted by molar-refractivity contribution is 5.55. The molecule has 0 aliphatic carbocycles. The zero-order valence-corrected chi connectivity index (χ0v) is 12.5. The molecule has 0 atom stereocenters. The van der Waals surface area contributed by atoms with Gasteiger partial charge in [-0.15, -0.1) is 0 Å². The first-order valence-corrected chi connectivity index (χ1v) is 6.66. The monoisotopic (exact) mass is 271 g/mol. The van der Waals surface area contributed by atoms with Crippen LogP contribution in [-0.4, -0.2) is 14.2 Å². The van der Waals surface area contributed by atoms with Crippen molar-refractivity contribution < 1.29 is 9.47 Å². The lowest BCUT2D eigenvalue weighted by atomic mass is 10.1. The molecule has 0 aromatic heterocycles. The second-order valence-corrected chi connectivity index (χ2v) is 4.85. The lowest BCUT2D eigenvalue weighted by molar-refractivity contribution is 0.355. The van der Waals surface area contributed by atoms with Crippen LogP contribution in [0.15, 0.2) is 36.4 Å². The van der Waals surface area contributed by atoms with Gasteiger partial charge in [-0.1, -0.05) is 23.8 Å². The number of ether oxygens (including phenoxy) is 2. The molecular weight excluding hydrogens is 250 g/mol. The van der Waals surface area contributed by atoms with Crippen LogP contribution in [0.4, 0.5) is 5.69 Å². The molecule has 2 rings (SSSR count). The molecule has 0 amide bonds. The third-order valence-corrected chi connectivity index (χ3v) is 3.36. The standard InChI is InChI=1S/C17H21NO2/c1-12-5-6-14(13(2)9-12)11-18-15-7-8-16(19-3)17(10-15)20-4/h5-10,18H,11H2,1-4H3. The fraction of sp³-hybridized carbons (Fsp3) is 0.294. The molecule has 0 fully saturated rings. The first kappa shape index (κ1) is 14.3. The van der Waals surface area contributed by atoms with Gasteiger partial charge in [-0.3, -0.25) is 0 Å². The Hall–Kier alpha value is -2.16. The van der Waals surface area contributed by atoms with E-state index in [-0.39, 0.29) is 0 Å². The summed E-state index contributed by atoms with van der Waals surface area (Å²) in [5.41, 5.74) is 4.91. The molecule has 0 bridgehead atoms. The van der Waals surface area contributed by atoms with E-state index in [2.05, 4.69) is 37.4 Å². The average Bonchev–Trinajstić information content (AvgIpc) is 2.46. The number of hydrogen-bond donors (Lipinski definition) is 1. The second-order valence-electron chi connectivity index (χ2n) is 4.85. The van der Waals surface area contributed by atoms with Crippen LogP contribution >= 0.6 is 0 Å². The van der Waals surface area contributed by atoms with E-state index < -0.39 is 0 Å². The molecule has 1 N–H and O–H groups in total. The largest absolute Gasteiger partial charge is 0.493 e. The molecule has 3 nitrogen and oxygen atoms in total. The van der Waals surface area contributed by atoms with Crippen LogP contribution < -0.4 is 14.8 Å². The Morgan fingerprint density at radius 3 is 2.30 bits per heavy atom. The number of nitrogens with one attached hydrogen (secondary N) is 1. The molecule has 0 unspecified atom stereocenters. The van der Waals surface area contributed by atoms with Crippen molar-refractivity contribution in [2.24, 2.45) is 0 Å². The van der Waals surface area contributed by atoms with Gasteiger partial charge in [-0.2, -0.15) is 0 Å². The normalized spacial score (nSPS) is 10.2. The van der Waals surface area contributed by atoms with Crippen LogP contribution in [-0.2, 0) is 6.54 Å². The highest BCUT2D eigenvalue weighted by atomic mass is 16.5. The Balaban J connectivity index is 2.10. The minimum atomic E-state index is 0.734. The van der Waals surface area contributed by atoms with Gasteiger partial charge in [0.1, 0.15) is 0 Å². The van der Waals surface area contributed by atoms with Gasteiger partial charge >= 0.3 is 0 Å². The quantitative estimate of drug-likeness (QED) is 0.893. The van der Waals surface area contributed by atoms with E-state index in [9.17, 15) is 0 Å². The molecule has 0 saturated heterocycles. The highest BCUT2D eigenvalue weighted by Gasteiger charge is 2.05. The molecule has 2 aromatic rings. The molecule has 0 heterocycles. The van der Waals surface area contributed by atoms with Gasteiger partial charge in [0.25, 0.3) is 0 Å². The maximum absolute atomic E-state index is 5.30. The molecule has 0 spiro atoms. The van der Waals surface area contributed by atoms with Gasteiger partial charge in [-0.25, -0.2) is 0 Å². The summed E-state index contributed by atoms with van der Waals surface area (Å²) in [6.07, 6.45) is 0. The summed E-state index contributed by atoms with van der Waals surface area (Å²) >= 11 is 0. The molecule has 106 valence electrons. The van der Waals surface area contributed by atoms with Crippen LogP contribution in [0.1, 0.15) is 16.7 Å². The molecule has 2 aromatic carbocycles. The predicted molar refractivity (Wildman–Crippen MR) is 82.8 cm³/mol. The van der Waals surface area contributed by atoms with E-state index in [0.717, 1.165) is 23.7 Å². The van der Waals surface area contributed by atoms with Crippen molar-refractivity contribution in [3.05, 3.63) is 53.1 Å². The van der Waals surface area contributed by atoms with E-state index in [1.54, 1.807) is 14.2 Å². The van der Waals surface area contributed by atoms with Crippen molar-refractivity contribution in [2.45, 2.75) is 20.4 Å². The summed E-state index contributed by atoms with van der Waals surface area (Å²) < 4.78 is 10.5. The summed E-state index contributed by atoms with van der Waals surface area (Å²) in [5, 5.41) is 3.41. The number of rotatable bonds is 5. The lowest BCUT2D eigenvalue weighted by Gasteiger charge is -2.12. The van der Waals surface area contributed by atoms with Crippen molar-refractivity contribution in [3.8, 4) is 11.5 Å². The van der Waals surface area contributed by atoms with E-state index in [1.165, 1.54) is 16.7 Å². The Morgan fingerprint density at radius 2 is 1.65 bits per heavy atom. The number of benzene rings is 2. The summed E-state index contributed by atoms with van der Waals surface area (Å²) in [6, 6.07) is 12.3. The summed E-state index contributed by atoms with van der Waals surface area (Å²) in [6.45, 7) is 5.04. The Labute approximate surface area is 120 Å². The van der Waals surface area contributed by atoms with Crippen LogP contribution in [0.2, 0.25) is 0 Å². The topological polar surface area (TPSA) is 30.5 Å². The predicted octanol–water partition coefficient (Wildman–Crippen LogP) is 3.93. The maximum Gasteiger partial charge on any atom is 0.162 e. The van der Waals surface area contributed by atoms with Crippen molar-refractivity contribution in [3.63, 3.8) is 0 Å². The van der Waals surface area contributed by atoms with Crippen molar-refractivity contribution in [1.82, 2.24) is 0 Å². The molecule has 0 aliphatic heterocycles. The molecular formula is C17H21NO2. The van der Waals surface area contributed by atoms with Gasteiger partial charge in [0.05, 0.1) is 14.2 Å². The Morgan fingerprint density at radius 1 is 0.900 bits per heavy atom. The SMILES string of the molecule is COc1ccc(NCc2ccc(C)cc2C)cc1OC. The van der Waals surface area contributed by atoms with Crippen LogP contribution in [0.5, 0.6) is 11.5 Å². The van der Waals surface area contributed by atoms with Gasteiger partial charge < -0.3 is 14.8 Å². The minimum absolute atomic E-state index is 0.734. The summed E-state index contributed by atoms with van der Waals surface area (Å²) in [7, 11) is 3.28. The van der Waals surface area contributed by atoms with E-state index in [4.69, 9.17) is 9.47 Å². The first-order chi connectivity index (χ1) is 9.63. The molecule has 0 saturated carbocycles. The van der Waals surface area contributed by atoms with Crippen molar-refractivity contribution >= 4 is 5.69 Å². The van der Waals surface area contributed by atoms with Crippen molar-refractivity contribution in [2.75, 3.05) is 19.5 Å². The number of anilines is 1. The van der Waals surface area contributed by atoms with Gasteiger partial charge in [0.2, 0.25) is 0 Å². The van der Waals surface area contributed by atoms with E-state index >= 15 is 0 Å². The molecule has 0 aliphatic rings. The lowest BCUT2D eigenvalue weighted by Crippen LogP contribution is -2.02. The van der Waals surface area contributed by atoms with Crippen LogP contribution in [0, 0.1) is 13.8 Å². The second kappa shape index (κ2) is 6.33. The average molecular weight is 271 g/mol. The summed E-state index contributed by atoms with van der Waals surface area (Å²) in [4.78, 5) is 0. The molecule has 0 radical (unpaired) electrons. The molecule has 20 heavy (non-hydrogen) atoms. The molecule has 3 heteroatoms. The highest BCUT2D eigenvalue weighted by Crippen LogP contribution is 2.30. The van der Waals surface area contributed by atoms with Crippen LogP contribution in [0.3, 0.4) is 0 Å². The first-order valence-electron chi connectivity index (χ1n) is 6.66. The zero-order valence-electron chi connectivity index (χ0n) is 12.5. The Kier molecular flexibility index (Phi) is 4.51. The van der Waals surface area contributed by atoms with Gasteiger partial charge in [0.15, 0.2) is 11.5 Å². The fourth-order valence-corrected chi connectivity index (χ4v) is 2.19. The number of methoxy groups -OCH3 is 2. The third kappa shape index (κ3) is 3.23. The number of hydrogen-bond acceptors (Lipinski definition) is 3. The maximum atomic E-state index is 5.30. The minimum Gasteiger partial charge on any atom is -0.493 e. The fourth-order valence-electron chi connectivity index (χ4n) is 2.19. The Bertz CT molecular complexity index is 594. The van der Waals surface area contributed by atoms with Crippen LogP contribution in [0.25, 0.3) is 0 Å². The third-order valence-electron chi connectivity index (χ3n) is 3.36. The smallest absolute Gasteiger partial charge is 0.162 e. The van der Waals surface area contributed by atoms with Gasteiger partial charge in [-0.05, 0) is 37.1 Å². The number of aryl methyl sites for hydroxylation is 2. The van der Waals surface area contributed by atoms with Gasteiger partial charge in [0, 0.05) is 18.3 Å². The summed E-state index contributed by atoms with van der Waals surface area (Å²) in [5.74, 6) is 1.47. The van der Waals surface area contributed by atoms with E-state index in [0.29, 0.717) is 0 Å². The van der Waals surface area contributed by atoms with Crippen molar-refractivity contribution in [1.29, 1.82) is 0 Å².